The molecule has 0 bridgehead atoms. The van der Waals surface area contributed by atoms with Crippen LogP contribution in [-0.4, -0.2) is 40.7 Å². The molecule has 3 atom stereocenters. The minimum atomic E-state index is -5.01. The number of halogens is 3. The number of nitrogens with zero attached hydrogens (tertiary/aromatic N) is 2. The Morgan fingerprint density at radius 2 is 1.96 bits per heavy atom. The third-order valence-electron chi connectivity index (χ3n) is 4.96. The van der Waals surface area contributed by atoms with E-state index < -0.39 is 23.7 Å². The molecule has 136 valence electrons. The average molecular weight is 356 g/mol. The Bertz CT molecular complexity index is 702. The third-order valence-corrected chi connectivity index (χ3v) is 4.96. The van der Waals surface area contributed by atoms with Gasteiger partial charge in [-0.05, 0) is 43.0 Å². The zero-order valence-corrected chi connectivity index (χ0v) is 13.9. The van der Waals surface area contributed by atoms with Gasteiger partial charge in [-0.1, -0.05) is 13.3 Å². The first kappa shape index (κ1) is 17.7. The fourth-order valence-corrected chi connectivity index (χ4v) is 3.56. The minimum absolute atomic E-state index is 0.000810. The second-order valence-corrected chi connectivity index (χ2v) is 6.48. The molecule has 0 unspecified atom stereocenters. The van der Waals surface area contributed by atoms with Gasteiger partial charge in [-0.3, -0.25) is 4.79 Å². The van der Waals surface area contributed by atoms with Crippen molar-refractivity contribution in [2.24, 2.45) is 16.9 Å². The van der Waals surface area contributed by atoms with Crippen molar-refractivity contribution in [2.45, 2.75) is 38.1 Å². The Labute approximate surface area is 143 Å². The van der Waals surface area contributed by atoms with Crippen molar-refractivity contribution in [3.63, 3.8) is 0 Å². The summed E-state index contributed by atoms with van der Waals surface area (Å²) in [6, 6.07) is 5.64. The molecule has 1 aliphatic heterocycles. The monoisotopic (exact) mass is 356 g/mol. The number of carbonyl (C=O) groups is 1. The number of methoxy groups -OCH3 is 1. The highest BCUT2D eigenvalue weighted by molar-refractivity contribution is 6.00. The molecule has 1 N–H and O–H groups in total. The fourth-order valence-electron chi connectivity index (χ4n) is 3.56. The summed E-state index contributed by atoms with van der Waals surface area (Å²) in [4.78, 5) is 12.7. The molecule has 1 fully saturated rings. The van der Waals surface area contributed by atoms with Crippen molar-refractivity contribution in [3.8, 4) is 5.75 Å². The van der Waals surface area contributed by atoms with E-state index in [-0.39, 0.29) is 28.6 Å². The van der Waals surface area contributed by atoms with Crippen molar-refractivity contribution in [2.75, 3.05) is 7.11 Å². The number of amides is 1. The molecule has 2 aliphatic rings. The van der Waals surface area contributed by atoms with Gasteiger partial charge in [-0.25, -0.2) is 0 Å². The minimum Gasteiger partial charge on any atom is -0.497 e. The maximum Gasteiger partial charge on any atom is 0.439 e. The van der Waals surface area contributed by atoms with Crippen molar-refractivity contribution >= 4 is 11.6 Å². The molecule has 0 radical (unpaired) electrons. The van der Waals surface area contributed by atoms with Gasteiger partial charge in [0.15, 0.2) is 0 Å². The summed E-state index contributed by atoms with van der Waals surface area (Å²) in [6.45, 7) is 1.77. The molecule has 0 aromatic heterocycles. The van der Waals surface area contributed by atoms with Crippen LogP contribution in [0.25, 0.3) is 0 Å². The van der Waals surface area contributed by atoms with Crippen LogP contribution in [0.2, 0.25) is 0 Å². The zero-order valence-electron chi connectivity index (χ0n) is 13.9. The molecule has 1 aromatic rings. The SMILES string of the molecule is COc1ccc(C(=O)N2N=C3[C@H](C)CCC[C@H]3[C@]2(O)C(F)(F)F)cc1. The number of fused-ring (bicyclic) bond motifs is 1. The summed E-state index contributed by atoms with van der Waals surface area (Å²) < 4.78 is 46.2. The van der Waals surface area contributed by atoms with Gasteiger partial charge in [0.25, 0.3) is 11.6 Å². The Hall–Kier alpha value is -2.09. The molecular weight excluding hydrogens is 337 g/mol. The van der Waals surface area contributed by atoms with Gasteiger partial charge in [0.2, 0.25) is 0 Å². The number of benzene rings is 1. The molecule has 8 heteroatoms. The van der Waals surface area contributed by atoms with Gasteiger partial charge in [0, 0.05) is 11.3 Å². The first-order chi connectivity index (χ1) is 11.7. The number of carbonyl (C=O) groups excluding carboxylic acids is 1. The Morgan fingerprint density at radius 1 is 1.32 bits per heavy atom. The standard InChI is InChI=1S/C17H19F3N2O3/c1-10-4-3-5-13-14(10)21-22(16(13,24)17(18,19)20)15(23)11-6-8-12(25-2)9-7-11/h6-10,13,24H,3-5H2,1-2H3/t10-,13-,16+/m1/s1. The van der Waals surface area contributed by atoms with Gasteiger partial charge in [0.1, 0.15) is 5.75 Å². The lowest BCUT2D eigenvalue weighted by atomic mass is 9.75. The maximum atomic E-state index is 13.8. The van der Waals surface area contributed by atoms with Crippen LogP contribution in [0.3, 0.4) is 0 Å². The number of rotatable bonds is 2. The summed E-state index contributed by atoms with van der Waals surface area (Å²) >= 11 is 0. The van der Waals surface area contributed by atoms with Crippen molar-refractivity contribution < 1.29 is 27.8 Å². The Kier molecular flexibility index (Phi) is 4.26. The van der Waals surface area contributed by atoms with E-state index in [4.69, 9.17) is 4.74 Å². The Morgan fingerprint density at radius 3 is 2.52 bits per heavy atom. The van der Waals surface area contributed by atoms with Crippen LogP contribution in [0, 0.1) is 11.8 Å². The second-order valence-electron chi connectivity index (χ2n) is 6.48. The first-order valence-electron chi connectivity index (χ1n) is 8.06. The predicted octanol–water partition coefficient (Wildman–Crippen LogP) is 3.19. The number of alkyl halides is 3. The average Bonchev–Trinajstić information content (AvgIpc) is 2.90. The van der Waals surface area contributed by atoms with Crippen LogP contribution in [-0.2, 0) is 0 Å². The van der Waals surface area contributed by atoms with E-state index in [0.29, 0.717) is 18.6 Å². The molecule has 0 saturated heterocycles. The molecule has 3 rings (SSSR count). The number of hydrogen-bond donors (Lipinski definition) is 1. The lowest BCUT2D eigenvalue weighted by Gasteiger charge is -2.39. The van der Waals surface area contributed by atoms with Gasteiger partial charge in [-0.2, -0.15) is 23.3 Å². The number of ether oxygens (including phenoxy) is 1. The number of hydrogen-bond acceptors (Lipinski definition) is 4. The third kappa shape index (κ3) is 2.68. The van der Waals surface area contributed by atoms with Crippen LogP contribution in [0.15, 0.2) is 29.4 Å². The van der Waals surface area contributed by atoms with Crippen LogP contribution in [0.1, 0.15) is 36.5 Å². The summed E-state index contributed by atoms with van der Waals surface area (Å²) in [6.07, 6.45) is -3.63. The maximum absolute atomic E-state index is 13.8. The zero-order chi connectivity index (χ0) is 18.4. The molecule has 1 amide bonds. The van der Waals surface area contributed by atoms with Gasteiger partial charge >= 0.3 is 6.18 Å². The van der Waals surface area contributed by atoms with Crippen molar-refractivity contribution in [1.29, 1.82) is 0 Å². The van der Waals surface area contributed by atoms with Gasteiger partial charge in [-0.15, -0.1) is 0 Å². The van der Waals surface area contributed by atoms with E-state index in [2.05, 4.69) is 5.10 Å². The highest BCUT2D eigenvalue weighted by Crippen LogP contribution is 2.49. The first-order valence-corrected chi connectivity index (χ1v) is 8.06. The normalized spacial score (nSPS) is 29.2. The Balaban J connectivity index is 2.03. The quantitative estimate of drug-likeness (QED) is 0.885. The molecule has 1 heterocycles. The van der Waals surface area contributed by atoms with Crippen molar-refractivity contribution in [1.82, 2.24) is 5.01 Å². The molecule has 25 heavy (non-hydrogen) atoms. The summed E-state index contributed by atoms with van der Waals surface area (Å²) in [5.41, 5.74) is -3.07. The largest absolute Gasteiger partial charge is 0.497 e. The van der Waals surface area contributed by atoms with Crippen LogP contribution in [0.5, 0.6) is 5.75 Å². The lowest BCUT2D eigenvalue weighted by Crippen LogP contribution is -2.61. The van der Waals surface area contributed by atoms with Gasteiger partial charge in [0.05, 0.1) is 13.0 Å². The second kappa shape index (κ2) is 6.01. The molecular formula is C17H19F3N2O3. The lowest BCUT2D eigenvalue weighted by molar-refractivity contribution is -0.312. The fraction of sp³-hybridized carbons (Fsp3) is 0.529. The number of hydrazone groups is 1. The van der Waals surface area contributed by atoms with Crippen molar-refractivity contribution in [3.05, 3.63) is 29.8 Å². The topological polar surface area (TPSA) is 62.1 Å². The molecule has 0 spiro atoms. The van der Waals surface area contributed by atoms with E-state index in [9.17, 15) is 23.1 Å². The van der Waals surface area contributed by atoms with E-state index in [1.165, 1.54) is 31.4 Å². The number of aliphatic hydroxyl groups is 1. The smallest absolute Gasteiger partial charge is 0.439 e. The summed E-state index contributed by atoms with van der Waals surface area (Å²) in [7, 11) is 1.44. The highest BCUT2D eigenvalue weighted by atomic mass is 19.4. The summed E-state index contributed by atoms with van der Waals surface area (Å²) in [5.74, 6) is -1.95. The van der Waals surface area contributed by atoms with Gasteiger partial charge < -0.3 is 9.84 Å². The van der Waals surface area contributed by atoms with E-state index in [1.807, 2.05) is 0 Å². The predicted molar refractivity (Wildman–Crippen MR) is 84.1 cm³/mol. The van der Waals surface area contributed by atoms with E-state index in [0.717, 1.165) is 0 Å². The molecule has 5 nitrogen and oxygen atoms in total. The van der Waals surface area contributed by atoms with E-state index >= 15 is 0 Å². The molecule has 1 aliphatic carbocycles. The summed E-state index contributed by atoms with van der Waals surface area (Å²) in [5, 5.41) is 14.7. The van der Waals surface area contributed by atoms with Crippen LogP contribution >= 0.6 is 0 Å². The van der Waals surface area contributed by atoms with E-state index in [1.54, 1.807) is 6.92 Å². The molecule has 1 saturated carbocycles. The highest BCUT2D eigenvalue weighted by Gasteiger charge is 2.69. The van der Waals surface area contributed by atoms with Crippen LogP contribution < -0.4 is 4.74 Å². The molecule has 1 aromatic carbocycles. The van der Waals surface area contributed by atoms with Crippen LogP contribution in [0.4, 0.5) is 13.2 Å².